The van der Waals surface area contributed by atoms with Crippen molar-refractivity contribution in [3.63, 3.8) is 0 Å². The number of anilines is 2. The maximum Gasteiger partial charge on any atom is 0.268 e. The van der Waals surface area contributed by atoms with Gasteiger partial charge in [-0.15, -0.1) is 0 Å². The van der Waals surface area contributed by atoms with Gasteiger partial charge in [-0.2, -0.15) is 4.98 Å². The fourth-order valence-electron chi connectivity index (χ4n) is 5.82. The summed E-state index contributed by atoms with van der Waals surface area (Å²) in [6.45, 7) is 4.44. The molecule has 1 N–H and O–H groups in total. The molecule has 0 aliphatic carbocycles. The van der Waals surface area contributed by atoms with Gasteiger partial charge in [0.25, 0.3) is 5.56 Å². The molecule has 1 aliphatic heterocycles. The summed E-state index contributed by atoms with van der Waals surface area (Å²) in [6.07, 6.45) is 9.86. The predicted octanol–water partition coefficient (Wildman–Crippen LogP) is 5.29. The van der Waals surface area contributed by atoms with E-state index < -0.39 is 0 Å². The summed E-state index contributed by atoms with van der Waals surface area (Å²) in [6, 6.07) is 21.9. The normalized spacial score (nSPS) is 14.8. The molecule has 1 aliphatic rings. The molecule has 0 amide bonds. The summed E-state index contributed by atoms with van der Waals surface area (Å²) in [5, 5.41) is 4.05. The van der Waals surface area contributed by atoms with Crippen LogP contribution in [0.5, 0.6) is 0 Å². The van der Waals surface area contributed by atoms with Gasteiger partial charge in [0.15, 0.2) is 0 Å². The molecule has 4 aromatic heterocycles. The zero-order chi connectivity index (χ0) is 30.8. The van der Waals surface area contributed by atoms with E-state index in [0.717, 1.165) is 41.3 Å². The SMILES string of the molecule is Cc1ccccc1C#Cc1cc2cnc(Nc3ccc(C4CCN(C)C4)cc3)nc2n(Cc2cncn2-c2ccncc2)c1=O. The van der Waals surface area contributed by atoms with E-state index in [1.807, 2.05) is 47.9 Å². The predicted molar refractivity (Wildman–Crippen MR) is 176 cm³/mol. The lowest BCUT2D eigenvalue weighted by Crippen LogP contribution is -2.25. The van der Waals surface area contributed by atoms with Gasteiger partial charge < -0.3 is 14.8 Å². The zero-order valence-corrected chi connectivity index (χ0v) is 25.2. The van der Waals surface area contributed by atoms with Crippen molar-refractivity contribution in [1.82, 2.24) is 34.0 Å². The quantitative estimate of drug-likeness (QED) is 0.263. The van der Waals surface area contributed by atoms with E-state index in [1.165, 1.54) is 12.0 Å². The Morgan fingerprint density at radius 2 is 1.76 bits per heavy atom. The number of likely N-dealkylation sites (N-methyl/N-ethyl adjacent to an activating group) is 1. The van der Waals surface area contributed by atoms with E-state index in [2.05, 4.69) is 68.3 Å². The van der Waals surface area contributed by atoms with Crippen LogP contribution in [0.3, 0.4) is 0 Å². The van der Waals surface area contributed by atoms with E-state index in [-0.39, 0.29) is 12.1 Å². The molecule has 0 spiro atoms. The summed E-state index contributed by atoms with van der Waals surface area (Å²) in [5.41, 5.74) is 6.51. The third kappa shape index (κ3) is 5.96. The monoisotopic (exact) mass is 592 g/mol. The third-order valence-corrected chi connectivity index (χ3v) is 8.31. The van der Waals surface area contributed by atoms with Crippen LogP contribution in [-0.4, -0.2) is 54.1 Å². The average molecular weight is 593 g/mol. The van der Waals surface area contributed by atoms with E-state index >= 15 is 0 Å². The molecule has 1 fully saturated rings. The van der Waals surface area contributed by atoms with Gasteiger partial charge in [0.2, 0.25) is 5.95 Å². The number of likely N-dealkylation sites (tertiary alicyclic amines) is 1. The van der Waals surface area contributed by atoms with Crippen LogP contribution in [0, 0.1) is 18.8 Å². The molecule has 0 radical (unpaired) electrons. The Balaban J connectivity index is 1.27. The van der Waals surface area contributed by atoms with E-state index in [1.54, 1.807) is 41.7 Å². The molecule has 9 heteroatoms. The second-order valence-corrected chi connectivity index (χ2v) is 11.4. The Kier molecular flexibility index (Phi) is 7.64. The Bertz CT molecular complexity index is 2110. The van der Waals surface area contributed by atoms with E-state index in [9.17, 15) is 4.79 Å². The van der Waals surface area contributed by atoms with Crippen LogP contribution >= 0.6 is 0 Å². The molecule has 2 aromatic carbocycles. The van der Waals surface area contributed by atoms with Gasteiger partial charge in [-0.1, -0.05) is 42.2 Å². The topological polar surface area (TPSA) is 93.8 Å². The first-order chi connectivity index (χ1) is 22.0. The zero-order valence-electron chi connectivity index (χ0n) is 25.2. The fourth-order valence-corrected chi connectivity index (χ4v) is 5.82. The number of pyridine rings is 2. The second kappa shape index (κ2) is 12.2. The third-order valence-electron chi connectivity index (χ3n) is 8.31. The summed E-state index contributed by atoms with van der Waals surface area (Å²) in [5.74, 6) is 7.27. The minimum atomic E-state index is -0.235. The number of aromatic nitrogens is 6. The smallest absolute Gasteiger partial charge is 0.268 e. The molecule has 1 unspecified atom stereocenters. The number of fused-ring (bicyclic) bond motifs is 1. The molecule has 6 aromatic rings. The lowest BCUT2D eigenvalue weighted by molar-refractivity contribution is 0.411. The van der Waals surface area contributed by atoms with E-state index in [0.29, 0.717) is 28.5 Å². The molecular weight excluding hydrogens is 560 g/mol. The van der Waals surface area contributed by atoms with Crippen molar-refractivity contribution in [3.8, 4) is 17.5 Å². The van der Waals surface area contributed by atoms with Crippen LogP contribution < -0.4 is 10.9 Å². The Hall–Kier alpha value is -5.59. The maximum atomic E-state index is 14.1. The van der Waals surface area contributed by atoms with Crippen LogP contribution in [0.4, 0.5) is 11.6 Å². The molecule has 9 nitrogen and oxygen atoms in total. The molecule has 1 atom stereocenters. The number of hydrogen-bond acceptors (Lipinski definition) is 7. The van der Waals surface area contributed by atoms with Gasteiger partial charge in [0.05, 0.1) is 30.3 Å². The van der Waals surface area contributed by atoms with Gasteiger partial charge >= 0.3 is 0 Å². The Morgan fingerprint density at radius 3 is 2.53 bits per heavy atom. The first-order valence-electron chi connectivity index (χ1n) is 15.0. The van der Waals surface area contributed by atoms with Gasteiger partial charge in [-0.3, -0.25) is 14.3 Å². The molecule has 7 rings (SSSR count). The van der Waals surface area contributed by atoms with E-state index in [4.69, 9.17) is 4.98 Å². The number of rotatable bonds is 6. The minimum absolute atomic E-state index is 0.235. The number of hydrogen-bond donors (Lipinski definition) is 1. The standard InChI is InChI=1S/C36H32N8O/c1-25-5-3-4-6-26(25)7-8-28-19-30-20-39-36(40-31-11-9-27(10-12-31)29-15-18-42(2)22-29)41-34(30)43(35(28)45)23-33-21-38-24-44(33)32-13-16-37-17-14-32/h3-6,9-14,16-17,19-21,24,29H,15,18,22-23H2,1-2H3,(H,39,40,41). The van der Waals surface area contributed by atoms with Gasteiger partial charge in [0, 0.05) is 47.5 Å². The van der Waals surface area contributed by atoms with Crippen LogP contribution in [0.15, 0.2) is 103 Å². The number of benzene rings is 2. The van der Waals surface area contributed by atoms with Crippen LogP contribution in [0.2, 0.25) is 0 Å². The van der Waals surface area contributed by atoms with Crippen molar-refractivity contribution in [3.05, 3.63) is 136 Å². The highest BCUT2D eigenvalue weighted by molar-refractivity contribution is 5.77. The fraction of sp³-hybridized carbons (Fsp3) is 0.194. The average Bonchev–Trinajstić information content (AvgIpc) is 3.72. The summed E-state index contributed by atoms with van der Waals surface area (Å²) >= 11 is 0. The highest BCUT2D eigenvalue weighted by atomic mass is 16.1. The molecule has 0 saturated carbocycles. The van der Waals surface area contributed by atoms with Crippen LogP contribution in [0.25, 0.3) is 16.7 Å². The lowest BCUT2D eigenvalue weighted by atomic mass is 9.98. The van der Waals surface area contributed by atoms with Crippen molar-refractivity contribution in [1.29, 1.82) is 0 Å². The van der Waals surface area contributed by atoms with Crippen molar-refractivity contribution < 1.29 is 0 Å². The number of nitrogens with zero attached hydrogens (tertiary/aromatic N) is 7. The molecule has 5 heterocycles. The highest BCUT2D eigenvalue weighted by Crippen LogP contribution is 2.28. The number of aryl methyl sites for hydroxylation is 1. The summed E-state index contributed by atoms with van der Waals surface area (Å²) < 4.78 is 3.59. The summed E-state index contributed by atoms with van der Waals surface area (Å²) in [4.78, 5) is 34.4. The molecule has 222 valence electrons. The first kappa shape index (κ1) is 28.2. The van der Waals surface area contributed by atoms with Gasteiger partial charge in [-0.25, -0.2) is 9.97 Å². The van der Waals surface area contributed by atoms with Gasteiger partial charge in [-0.05, 0) is 80.4 Å². The van der Waals surface area contributed by atoms with Crippen molar-refractivity contribution >= 4 is 22.7 Å². The van der Waals surface area contributed by atoms with Crippen LogP contribution in [-0.2, 0) is 6.54 Å². The first-order valence-corrected chi connectivity index (χ1v) is 15.0. The molecule has 45 heavy (non-hydrogen) atoms. The Morgan fingerprint density at radius 1 is 0.956 bits per heavy atom. The molecule has 0 bridgehead atoms. The van der Waals surface area contributed by atoms with Crippen molar-refractivity contribution in [2.24, 2.45) is 0 Å². The van der Waals surface area contributed by atoms with Crippen molar-refractivity contribution in [2.75, 3.05) is 25.5 Å². The maximum absolute atomic E-state index is 14.1. The number of nitrogens with one attached hydrogen (secondary N) is 1. The molecular formula is C36H32N8O. The Labute approximate surface area is 261 Å². The minimum Gasteiger partial charge on any atom is -0.324 e. The van der Waals surface area contributed by atoms with Gasteiger partial charge in [0.1, 0.15) is 5.65 Å². The number of imidazole rings is 1. The summed E-state index contributed by atoms with van der Waals surface area (Å²) in [7, 11) is 2.17. The van der Waals surface area contributed by atoms with Crippen molar-refractivity contribution in [2.45, 2.75) is 25.8 Å². The largest absolute Gasteiger partial charge is 0.324 e. The van der Waals surface area contributed by atoms with Crippen LogP contribution in [0.1, 0.15) is 40.3 Å². The molecule has 1 saturated heterocycles. The lowest BCUT2D eigenvalue weighted by Gasteiger charge is -2.14. The highest BCUT2D eigenvalue weighted by Gasteiger charge is 2.21. The second-order valence-electron chi connectivity index (χ2n) is 11.4.